The molecule has 3 heterocycles. The Morgan fingerprint density at radius 3 is 2.83 bits per heavy atom. The van der Waals surface area contributed by atoms with Gasteiger partial charge in [-0.05, 0) is 35.8 Å². The summed E-state index contributed by atoms with van der Waals surface area (Å²) in [5.74, 6) is 0.606. The van der Waals surface area contributed by atoms with Crippen molar-refractivity contribution in [1.29, 1.82) is 0 Å². The third kappa shape index (κ3) is 3.37. The van der Waals surface area contributed by atoms with Crippen LogP contribution in [0.3, 0.4) is 0 Å². The predicted octanol–water partition coefficient (Wildman–Crippen LogP) is 2.65. The maximum absolute atomic E-state index is 12.6. The second kappa shape index (κ2) is 6.88. The normalized spacial score (nSPS) is 18.6. The summed E-state index contributed by atoms with van der Waals surface area (Å²) in [6.45, 7) is 2.04. The Morgan fingerprint density at radius 2 is 2.10 bits per heavy atom. The molecular weight excluding hydrogens is 371 g/mol. The predicted molar refractivity (Wildman–Crippen MR) is 108 cm³/mol. The number of alkyl halides is 1. The van der Waals surface area contributed by atoms with Crippen LogP contribution in [0.2, 0.25) is 0 Å². The highest BCUT2D eigenvalue weighted by atomic mass is 19.1. The van der Waals surface area contributed by atoms with Gasteiger partial charge in [-0.15, -0.1) is 5.10 Å². The van der Waals surface area contributed by atoms with Gasteiger partial charge in [0.1, 0.15) is 18.2 Å². The molecule has 2 aliphatic rings. The number of aromatic nitrogens is 4. The number of carbonyl (C=O) groups is 1. The molecule has 1 N–H and O–H groups in total. The van der Waals surface area contributed by atoms with Gasteiger partial charge in [0, 0.05) is 49.7 Å². The van der Waals surface area contributed by atoms with Crippen LogP contribution in [0.4, 0.5) is 10.2 Å². The lowest BCUT2D eigenvalue weighted by Gasteiger charge is -2.58. The first-order valence-corrected chi connectivity index (χ1v) is 9.89. The quantitative estimate of drug-likeness (QED) is 0.720. The molecule has 150 valence electrons. The fourth-order valence-corrected chi connectivity index (χ4v) is 4.69. The Balaban J connectivity index is 1.25. The van der Waals surface area contributed by atoms with Crippen molar-refractivity contribution in [2.45, 2.75) is 12.8 Å². The van der Waals surface area contributed by atoms with Gasteiger partial charge in [0.2, 0.25) is 5.91 Å². The van der Waals surface area contributed by atoms with E-state index in [1.54, 1.807) is 10.9 Å². The van der Waals surface area contributed by atoms with Crippen molar-refractivity contribution in [3.63, 3.8) is 0 Å². The Labute approximate surface area is 167 Å². The number of nitrogens with one attached hydrogen (secondary N) is 1. The number of hydrogen-bond acceptors (Lipinski definition) is 5. The van der Waals surface area contributed by atoms with Crippen molar-refractivity contribution in [2.24, 2.45) is 18.4 Å². The number of amides is 1. The molecule has 1 saturated carbocycles. The van der Waals surface area contributed by atoms with Gasteiger partial charge < -0.3 is 5.32 Å². The Bertz CT molecular complexity index is 1070. The summed E-state index contributed by atoms with van der Waals surface area (Å²) in [7, 11) is 1.84. The van der Waals surface area contributed by atoms with E-state index in [4.69, 9.17) is 0 Å². The third-order valence-electron chi connectivity index (χ3n) is 6.12. The van der Waals surface area contributed by atoms with Gasteiger partial charge in [-0.2, -0.15) is 0 Å². The monoisotopic (exact) mass is 394 g/mol. The zero-order valence-electron chi connectivity index (χ0n) is 16.3. The Morgan fingerprint density at radius 1 is 1.28 bits per heavy atom. The lowest BCUT2D eigenvalue weighted by Crippen LogP contribution is -2.63. The number of pyridine rings is 1. The van der Waals surface area contributed by atoms with Crippen LogP contribution in [0.15, 0.2) is 36.7 Å². The third-order valence-corrected chi connectivity index (χ3v) is 6.12. The van der Waals surface area contributed by atoms with Gasteiger partial charge in [-0.25, -0.2) is 9.37 Å². The molecule has 0 bridgehead atoms. The minimum Gasteiger partial charge on any atom is -0.310 e. The maximum atomic E-state index is 12.6. The van der Waals surface area contributed by atoms with E-state index in [1.165, 1.54) is 0 Å². The molecule has 1 saturated heterocycles. The van der Waals surface area contributed by atoms with Crippen LogP contribution in [0.1, 0.15) is 12.8 Å². The molecule has 2 aromatic heterocycles. The summed E-state index contributed by atoms with van der Waals surface area (Å²) < 4.78 is 14.1. The topological polar surface area (TPSA) is 75.9 Å². The van der Waals surface area contributed by atoms with E-state index in [0.29, 0.717) is 12.4 Å². The molecule has 0 radical (unpaired) electrons. The Kier molecular flexibility index (Phi) is 4.31. The number of aryl methyl sites for hydroxylation is 1. The fraction of sp³-hybridized carbons (Fsp3) is 0.429. The molecule has 1 aliphatic carbocycles. The van der Waals surface area contributed by atoms with E-state index in [-0.39, 0.29) is 23.9 Å². The van der Waals surface area contributed by atoms with Gasteiger partial charge in [0.05, 0.1) is 6.20 Å². The molecule has 5 rings (SSSR count). The second-order valence-electron chi connectivity index (χ2n) is 8.40. The molecule has 2 fully saturated rings. The first-order valence-electron chi connectivity index (χ1n) is 9.89. The van der Waals surface area contributed by atoms with E-state index < -0.39 is 0 Å². The molecule has 1 spiro atoms. The van der Waals surface area contributed by atoms with Crippen molar-refractivity contribution in [3.05, 3.63) is 36.7 Å². The van der Waals surface area contributed by atoms with Crippen LogP contribution in [0.5, 0.6) is 0 Å². The standard InChI is InChI=1S/C21H23FN6O/c1-27-11-18(25-26-27)14-2-3-15-10-23-19(7-16(15)6-14)24-20(29)17-8-21(9-17)12-28(13-21)5-4-22/h2-3,6-7,10-11,17H,4-5,8-9,12-13H2,1H3,(H,23,24,29). The number of likely N-dealkylation sites (tertiary alicyclic amines) is 1. The summed E-state index contributed by atoms with van der Waals surface area (Å²) in [5.41, 5.74) is 2.01. The summed E-state index contributed by atoms with van der Waals surface area (Å²) in [6, 6.07) is 7.91. The molecule has 8 heteroatoms. The molecule has 0 unspecified atom stereocenters. The SMILES string of the molecule is Cn1cc(-c2ccc3cnc(NC(=O)C4CC5(C4)CN(CCF)C5)cc3c2)nn1. The number of anilines is 1. The first-order chi connectivity index (χ1) is 14.0. The number of halogens is 1. The lowest BCUT2D eigenvalue weighted by molar-refractivity contribution is -0.139. The van der Waals surface area contributed by atoms with Crippen LogP contribution in [-0.4, -0.2) is 57.1 Å². The number of fused-ring (bicyclic) bond motifs is 1. The molecule has 1 aromatic carbocycles. The van der Waals surface area contributed by atoms with Gasteiger partial charge >= 0.3 is 0 Å². The first kappa shape index (κ1) is 18.2. The zero-order valence-corrected chi connectivity index (χ0v) is 16.3. The summed E-state index contributed by atoms with van der Waals surface area (Å²) in [4.78, 5) is 19.1. The number of carbonyl (C=O) groups excluding carboxylic acids is 1. The Hall–Kier alpha value is -2.87. The molecule has 1 amide bonds. The van der Waals surface area contributed by atoms with E-state index in [9.17, 15) is 9.18 Å². The lowest BCUT2D eigenvalue weighted by atomic mass is 9.57. The van der Waals surface area contributed by atoms with Crippen molar-refractivity contribution >= 4 is 22.5 Å². The highest BCUT2D eigenvalue weighted by Gasteiger charge is 2.53. The smallest absolute Gasteiger partial charge is 0.228 e. The molecule has 7 nitrogen and oxygen atoms in total. The summed E-state index contributed by atoms with van der Waals surface area (Å²) >= 11 is 0. The fourth-order valence-electron chi connectivity index (χ4n) is 4.69. The van der Waals surface area contributed by atoms with E-state index in [0.717, 1.165) is 48.0 Å². The minimum atomic E-state index is -0.299. The van der Waals surface area contributed by atoms with E-state index >= 15 is 0 Å². The van der Waals surface area contributed by atoms with Gasteiger partial charge in [-0.3, -0.25) is 14.4 Å². The number of benzene rings is 1. The molecule has 29 heavy (non-hydrogen) atoms. The van der Waals surface area contributed by atoms with Crippen LogP contribution < -0.4 is 5.32 Å². The summed E-state index contributed by atoms with van der Waals surface area (Å²) in [6.07, 6.45) is 5.40. The minimum absolute atomic E-state index is 0.0194. The average molecular weight is 394 g/mol. The van der Waals surface area contributed by atoms with Crippen LogP contribution >= 0.6 is 0 Å². The molecule has 1 aliphatic heterocycles. The van der Waals surface area contributed by atoms with Crippen molar-refractivity contribution in [3.8, 4) is 11.3 Å². The van der Waals surface area contributed by atoms with Crippen LogP contribution in [-0.2, 0) is 11.8 Å². The van der Waals surface area contributed by atoms with Crippen LogP contribution in [0, 0.1) is 11.3 Å². The number of rotatable bonds is 5. The van der Waals surface area contributed by atoms with Crippen molar-refractivity contribution in [1.82, 2.24) is 24.9 Å². The molecule has 0 atom stereocenters. The van der Waals surface area contributed by atoms with Gasteiger partial charge in [0.25, 0.3) is 0 Å². The summed E-state index contributed by atoms with van der Waals surface area (Å²) in [5, 5.41) is 13.1. The van der Waals surface area contributed by atoms with Crippen molar-refractivity contribution < 1.29 is 9.18 Å². The second-order valence-corrected chi connectivity index (χ2v) is 8.40. The average Bonchev–Trinajstić information content (AvgIpc) is 3.08. The van der Waals surface area contributed by atoms with Gasteiger partial charge in [0.15, 0.2) is 0 Å². The molecular formula is C21H23FN6O. The zero-order chi connectivity index (χ0) is 20.0. The van der Waals surface area contributed by atoms with Crippen LogP contribution in [0.25, 0.3) is 22.0 Å². The highest BCUT2D eigenvalue weighted by Crippen LogP contribution is 2.52. The van der Waals surface area contributed by atoms with E-state index in [1.807, 2.05) is 37.5 Å². The number of hydrogen-bond donors (Lipinski definition) is 1. The molecule has 3 aromatic rings. The number of nitrogens with zero attached hydrogens (tertiary/aromatic N) is 5. The van der Waals surface area contributed by atoms with E-state index in [2.05, 4.69) is 25.5 Å². The van der Waals surface area contributed by atoms with Crippen molar-refractivity contribution in [2.75, 3.05) is 31.6 Å². The van der Waals surface area contributed by atoms with Gasteiger partial charge in [-0.1, -0.05) is 17.3 Å². The highest BCUT2D eigenvalue weighted by molar-refractivity contribution is 5.95. The maximum Gasteiger partial charge on any atom is 0.228 e. The largest absolute Gasteiger partial charge is 0.310 e.